The maximum absolute atomic E-state index is 11.7. The normalized spacial score (nSPS) is 11.8. The highest BCUT2D eigenvalue weighted by Crippen LogP contribution is 2.07. The van der Waals surface area contributed by atoms with E-state index in [2.05, 4.69) is 11.9 Å². The molecular weight excluding hydrogens is 222 g/mol. The number of aliphatic carboxylic acids is 1. The summed E-state index contributed by atoms with van der Waals surface area (Å²) in [6.07, 6.45) is 3.77. The van der Waals surface area contributed by atoms with Crippen LogP contribution in [0.2, 0.25) is 0 Å². The molecule has 0 aromatic carbocycles. The minimum atomic E-state index is -1.06. The largest absolute Gasteiger partial charge is 0.480 e. The Kier molecular flexibility index (Phi) is 4.51. The minimum absolute atomic E-state index is 0.321. The maximum atomic E-state index is 11.7. The van der Waals surface area contributed by atoms with Crippen molar-refractivity contribution >= 4 is 11.9 Å². The quantitative estimate of drug-likeness (QED) is 0.738. The van der Waals surface area contributed by atoms with Gasteiger partial charge in [0.25, 0.3) is 5.91 Å². The Labute approximate surface area is 99.1 Å². The van der Waals surface area contributed by atoms with E-state index in [0.717, 1.165) is 0 Å². The van der Waals surface area contributed by atoms with Gasteiger partial charge in [-0.2, -0.15) is 0 Å². The number of carbonyl (C=O) groups excluding carboxylic acids is 1. The molecule has 1 heterocycles. The van der Waals surface area contributed by atoms with E-state index >= 15 is 0 Å². The van der Waals surface area contributed by atoms with Crippen molar-refractivity contribution in [3.8, 4) is 0 Å². The van der Waals surface area contributed by atoms with Gasteiger partial charge in [-0.3, -0.25) is 4.79 Å². The molecule has 0 aliphatic rings. The van der Waals surface area contributed by atoms with Crippen molar-refractivity contribution in [1.29, 1.82) is 0 Å². The van der Waals surface area contributed by atoms with Gasteiger partial charge in [-0.15, -0.1) is 6.58 Å². The van der Waals surface area contributed by atoms with Crippen molar-refractivity contribution in [2.45, 2.75) is 25.8 Å². The number of carboxylic acid groups (broad SMARTS) is 1. The summed E-state index contributed by atoms with van der Waals surface area (Å²) in [5, 5.41) is 11.4. The summed E-state index contributed by atoms with van der Waals surface area (Å²) in [6, 6.07) is 0.651. The Hall–Kier alpha value is -2.04. The van der Waals surface area contributed by atoms with Gasteiger partial charge in [0.05, 0.1) is 5.56 Å². The highest BCUT2D eigenvalue weighted by Gasteiger charge is 2.20. The lowest BCUT2D eigenvalue weighted by atomic mass is 10.1. The van der Waals surface area contributed by atoms with Crippen LogP contribution < -0.4 is 5.32 Å². The molecule has 92 valence electrons. The van der Waals surface area contributed by atoms with Gasteiger partial charge in [0.15, 0.2) is 0 Å². The lowest BCUT2D eigenvalue weighted by Gasteiger charge is -2.12. The van der Waals surface area contributed by atoms with Gasteiger partial charge in [-0.05, 0) is 25.8 Å². The van der Waals surface area contributed by atoms with Crippen molar-refractivity contribution in [2.75, 3.05) is 0 Å². The Morgan fingerprint density at radius 2 is 2.35 bits per heavy atom. The number of aryl methyl sites for hydroxylation is 1. The molecule has 1 amide bonds. The molecular formula is C12H15NO4. The van der Waals surface area contributed by atoms with E-state index in [4.69, 9.17) is 9.52 Å². The molecule has 17 heavy (non-hydrogen) atoms. The molecule has 0 saturated carbocycles. The monoisotopic (exact) mass is 237 g/mol. The standard InChI is InChI=1S/C12H15NO4/c1-3-4-5-10(12(15)16)13-11(14)9-6-8(2)17-7-9/h3,6-7,10H,1,4-5H2,2H3,(H,13,14)(H,15,16). The lowest BCUT2D eigenvalue weighted by Crippen LogP contribution is -2.40. The Balaban J connectivity index is 2.63. The molecule has 0 spiro atoms. The number of hydrogen-bond acceptors (Lipinski definition) is 3. The van der Waals surface area contributed by atoms with Crippen LogP contribution in [0.25, 0.3) is 0 Å². The topological polar surface area (TPSA) is 79.5 Å². The number of hydrogen-bond donors (Lipinski definition) is 2. The molecule has 1 aromatic rings. The fourth-order valence-corrected chi connectivity index (χ4v) is 1.35. The number of nitrogens with one attached hydrogen (secondary N) is 1. The molecule has 0 aliphatic heterocycles. The van der Waals surface area contributed by atoms with Gasteiger partial charge in [0, 0.05) is 0 Å². The fraction of sp³-hybridized carbons (Fsp3) is 0.333. The summed E-state index contributed by atoms with van der Waals surface area (Å²) in [6.45, 7) is 5.22. The van der Waals surface area contributed by atoms with Crippen molar-refractivity contribution in [2.24, 2.45) is 0 Å². The molecule has 0 saturated heterocycles. The highest BCUT2D eigenvalue weighted by atomic mass is 16.4. The van der Waals surface area contributed by atoms with Crippen LogP contribution in [0.4, 0.5) is 0 Å². The summed E-state index contributed by atoms with van der Waals surface area (Å²) < 4.78 is 4.98. The van der Waals surface area contributed by atoms with Crippen LogP contribution in [-0.2, 0) is 4.79 Å². The molecule has 0 fully saturated rings. The molecule has 5 heteroatoms. The van der Waals surface area contributed by atoms with Crippen LogP contribution in [0.15, 0.2) is 29.4 Å². The first-order chi connectivity index (χ1) is 8.04. The summed E-state index contributed by atoms with van der Waals surface area (Å²) in [5.41, 5.74) is 0.326. The zero-order valence-electron chi connectivity index (χ0n) is 9.60. The second-order valence-electron chi connectivity index (χ2n) is 3.68. The highest BCUT2D eigenvalue weighted by molar-refractivity contribution is 5.96. The summed E-state index contributed by atoms with van der Waals surface area (Å²) in [4.78, 5) is 22.6. The third-order valence-corrected chi connectivity index (χ3v) is 2.26. The van der Waals surface area contributed by atoms with E-state index < -0.39 is 17.9 Å². The second-order valence-corrected chi connectivity index (χ2v) is 3.68. The molecule has 0 radical (unpaired) electrons. The lowest BCUT2D eigenvalue weighted by molar-refractivity contribution is -0.139. The average molecular weight is 237 g/mol. The Bertz CT molecular complexity index is 422. The third kappa shape index (κ3) is 3.79. The number of rotatable bonds is 6. The molecule has 1 aromatic heterocycles. The van der Waals surface area contributed by atoms with Crippen molar-refractivity contribution in [3.63, 3.8) is 0 Å². The van der Waals surface area contributed by atoms with Crippen molar-refractivity contribution < 1.29 is 19.1 Å². The fourth-order valence-electron chi connectivity index (χ4n) is 1.35. The number of amides is 1. The number of furan rings is 1. The maximum Gasteiger partial charge on any atom is 0.326 e. The van der Waals surface area contributed by atoms with E-state index in [9.17, 15) is 9.59 Å². The first kappa shape index (κ1) is 13.0. The summed E-state index contributed by atoms with van der Waals surface area (Å²) in [7, 11) is 0. The molecule has 0 aliphatic carbocycles. The summed E-state index contributed by atoms with van der Waals surface area (Å²) >= 11 is 0. The van der Waals surface area contributed by atoms with Gasteiger partial charge in [0.2, 0.25) is 0 Å². The Morgan fingerprint density at radius 1 is 1.65 bits per heavy atom. The molecule has 0 bridgehead atoms. The van der Waals surface area contributed by atoms with Gasteiger partial charge >= 0.3 is 5.97 Å². The first-order valence-corrected chi connectivity index (χ1v) is 5.24. The van der Waals surface area contributed by atoms with Gasteiger partial charge in [-0.1, -0.05) is 6.08 Å². The predicted octanol–water partition coefficient (Wildman–Crippen LogP) is 1.74. The van der Waals surface area contributed by atoms with Crippen LogP contribution in [0.3, 0.4) is 0 Å². The van der Waals surface area contributed by atoms with Gasteiger partial charge < -0.3 is 14.8 Å². The number of carbonyl (C=O) groups is 2. The number of carboxylic acids is 1. The molecule has 1 atom stereocenters. The van der Waals surface area contributed by atoms with Crippen LogP contribution in [-0.4, -0.2) is 23.0 Å². The first-order valence-electron chi connectivity index (χ1n) is 5.24. The number of allylic oxidation sites excluding steroid dienone is 1. The minimum Gasteiger partial charge on any atom is -0.480 e. The van der Waals surface area contributed by atoms with E-state index in [0.29, 0.717) is 24.2 Å². The third-order valence-electron chi connectivity index (χ3n) is 2.26. The van der Waals surface area contributed by atoms with Crippen LogP contribution >= 0.6 is 0 Å². The second kappa shape index (κ2) is 5.89. The van der Waals surface area contributed by atoms with Crippen LogP contribution in [0.5, 0.6) is 0 Å². The predicted molar refractivity (Wildman–Crippen MR) is 61.8 cm³/mol. The van der Waals surface area contributed by atoms with E-state index in [1.165, 1.54) is 6.26 Å². The smallest absolute Gasteiger partial charge is 0.326 e. The molecule has 2 N–H and O–H groups in total. The van der Waals surface area contributed by atoms with Gasteiger partial charge in [0.1, 0.15) is 18.1 Å². The van der Waals surface area contributed by atoms with Crippen LogP contribution in [0.1, 0.15) is 29.0 Å². The summed E-state index contributed by atoms with van der Waals surface area (Å²) in [5.74, 6) is -0.896. The average Bonchev–Trinajstić information content (AvgIpc) is 2.70. The molecule has 1 unspecified atom stereocenters. The Morgan fingerprint density at radius 3 is 2.82 bits per heavy atom. The molecule has 5 nitrogen and oxygen atoms in total. The van der Waals surface area contributed by atoms with E-state index in [1.807, 2.05) is 0 Å². The van der Waals surface area contributed by atoms with E-state index in [-0.39, 0.29) is 0 Å². The SMILES string of the molecule is C=CCCC(NC(=O)c1coc(C)c1)C(=O)O. The van der Waals surface area contributed by atoms with Gasteiger partial charge in [-0.25, -0.2) is 4.79 Å². The zero-order chi connectivity index (χ0) is 12.8. The molecule has 1 rings (SSSR count). The van der Waals surface area contributed by atoms with Crippen LogP contribution in [0, 0.1) is 6.92 Å². The van der Waals surface area contributed by atoms with E-state index in [1.54, 1.807) is 19.1 Å². The van der Waals surface area contributed by atoms with Crippen molar-refractivity contribution in [3.05, 3.63) is 36.3 Å². The zero-order valence-corrected chi connectivity index (χ0v) is 9.60. The van der Waals surface area contributed by atoms with Crippen molar-refractivity contribution in [1.82, 2.24) is 5.32 Å².